The molecule has 2 aromatic heterocycles. The molecule has 3 aromatic rings. The molecule has 0 radical (unpaired) electrons. The van der Waals surface area contributed by atoms with Crippen LogP contribution >= 0.6 is 34.3 Å². The van der Waals surface area contributed by atoms with Crippen molar-refractivity contribution < 1.29 is 4.79 Å². The van der Waals surface area contributed by atoms with Crippen LogP contribution in [0, 0.1) is 13.8 Å². The van der Waals surface area contributed by atoms with Gasteiger partial charge in [-0.2, -0.15) is 0 Å². The van der Waals surface area contributed by atoms with E-state index in [-0.39, 0.29) is 5.91 Å². The van der Waals surface area contributed by atoms with E-state index in [0.29, 0.717) is 15.0 Å². The molecular formula is C14H11ClN2OS2. The van der Waals surface area contributed by atoms with Gasteiger partial charge in [-0.3, -0.25) is 10.1 Å². The third-order valence-corrected chi connectivity index (χ3v) is 5.28. The summed E-state index contributed by atoms with van der Waals surface area (Å²) in [5.41, 5.74) is 1.98. The third-order valence-electron chi connectivity index (χ3n) is 2.96. The molecule has 3 rings (SSSR count). The fourth-order valence-corrected chi connectivity index (χ4v) is 3.86. The maximum Gasteiger partial charge on any atom is 0.267 e. The van der Waals surface area contributed by atoms with Crippen molar-refractivity contribution in [3.63, 3.8) is 0 Å². The van der Waals surface area contributed by atoms with Gasteiger partial charge in [-0.25, -0.2) is 4.98 Å². The Morgan fingerprint density at radius 2 is 2.05 bits per heavy atom. The van der Waals surface area contributed by atoms with Crippen molar-refractivity contribution in [3.05, 3.63) is 44.6 Å². The minimum Gasteiger partial charge on any atom is -0.297 e. The van der Waals surface area contributed by atoms with Crippen molar-refractivity contribution in [2.45, 2.75) is 13.8 Å². The molecule has 1 amide bonds. The van der Waals surface area contributed by atoms with E-state index in [0.717, 1.165) is 20.7 Å². The molecule has 0 bridgehead atoms. The van der Waals surface area contributed by atoms with Crippen LogP contribution in [0.15, 0.2) is 24.3 Å². The van der Waals surface area contributed by atoms with E-state index < -0.39 is 0 Å². The summed E-state index contributed by atoms with van der Waals surface area (Å²) in [6.45, 7) is 4.01. The van der Waals surface area contributed by atoms with Crippen molar-refractivity contribution in [2.24, 2.45) is 0 Å². The third kappa shape index (κ3) is 2.57. The lowest BCUT2D eigenvalue weighted by molar-refractivity contribution is 0.103. The van der Waals surface area contributed by atoms with Gasteiger partial charge in [0.2, 0.25) is 0 Å². The Hall–Kier alpha value is -1.43. The number of rotatable bonds is 2. The molecule has 0 unspecified atom stereocenters. The summed E-state index contributed by atoms with van der Waals surface area (Å²) < 4.78 is 0.964. The molecule has 0 saturated carbocycles. The van der Waals surface area contributed by atoms with Gasteiger partial charge in [-0.15, -0.1) is 11.3 Å². The van der Waals surface area contributed by atoms with Crippen molar-refractivity contribution in [3.8, 4) is 0 Å². The number of fused-ring (bicyclic) bond motifs is 1. The largest absolute Gasteiger partial charge is 0.297 e. The molecule has 0 aliphatic rings. The van der Waals surface area contributed by atoms with Crippen LogP contribution in [0.4, 0.5) is 5.13 Å². The number of nitrogens with zero attached hydrogens (tertiary/aromatic N) is 1. The zero-order valence-corrected chi connectivity index (χ0v) is 13.2. The zero-order chi connectivity index (χ0) is 14.3. The molecule has 6 heteroatoms. The van der Waals surface area contributed by atoms with Crippen LogP contribution < -0.4 is 5.32 Å². The van der Waals surface area contributed by atoms with E-state index in [9.17, 15) is 4.79 Å². The Bertz CT molecular complexity index is 787. The minimum atomic E-state index is -0.114. The number of carbonyl (C=O) groups is 1. The highest BCUT2D eigenvalue weighted by Gasteiger charge is 2.13. The summed E-state index contributed by atoms with van der Waals surface area (Å²) >= 11 is 8.86. The van der Waals surface area contributed by atoms with Gasteiger partial charge in [0.1, 0.15) is 0 Å². The molecule has 102 valence electrons. The van der Waals surface area contributed by atoms with Gasteiger partial charge in [0.15, 0.2) is 5.13 Å². The Morgan fingerprint density at radius 3 is 2.75 bits per heavy atom. The second kappa shape index (κ2) is 5.16. The van der Waals surface area contributed by atoms with Crippen molar-refractivity contribution in [1.82, 2.24) is 4.98 Å². The van der Waals surface area contributed by atoms with Crippen LogP contribution in [-0.4, -0.2) is 10.9 Å². The van der Waals surface area contributed by atoms with Gasteiger partial charge >= 0.3 is 0 Å². The predicted molar refractivity (Wildman–Crippen MR) is 86.4 cm³/mol. The fraction of sp³-hybridized carbons (Fsp3) is 0.143. The first-order valence-corrected chi connectivity index (χ1v) is 7.98. The normalized spacial score (nSPS) is 10.9. The van der Waals surface area contributed by atoms with Gasteiger partial charge in [-0.05, 0) is 43.7 Å². The van der Waals surface area contributed by atoms with E-state index in [1.165, 1.54) is 22.7 Å². The SMILES string of the molecule is Cc1cc(C(=O)Nc2nc3ccc(Cl)cc3s2)sc1C. The monoisotopic (exact) mass is 322 g/mol. The van der Waals surface area contributed by atoms with Crippen molar-refractivity contribution >= 4 is 55.5 Å². The van der Waals surface area contributed by atoms with E-state index in [4.69, 9.17) is 11.6 Å². The number of carbonyl (C=O) groups excluding carboxylic acids is 1. The van der Waals surface area contributed by atoms with Gasteiger partial charge in [-0.1, -0.05) is 22.9 Å². The molecule has 0 aliphatic heterocycles. The Balaban J connectivity index is 1.87. The molecule has 3 nitrogen and oxygen atoms in total. The number of aromatic nitrogens is 1. The lowest BCUT2D eigenvalue weighted by Crippen LogP contribution is -2.09. The van der Waals surface area contributed by atoms with Gasteiger partial charge in [0.25, 0.3) is 5.91 Å². The maximum absolute atomic E-state index is 12.2. The number of nitrogens with one attached hydrogen (secondary N) is 1. The molecule has 1 N–H and O–H groups in total. The molecular weight excluding hydrogens is 312 g/mol. The standard InChI is InChI=1S/C14H11ClN2OS2/c1-7-5-12(19-8(7)2)13(18)17-14-16-10-4-3-9(15)6-11(10)20-14/h3-6H,1-2H3,(H,16,17,18). The average Bonchev–Trinajstić information content (AvgIpc) is 2.93. The molecule has 2 heterocycles. The van der Waals surface area contributed by atoms with Crippen LogP contribution in [0.2, 0.25) is 5.02 Å². The summed E-state index contributed by atoms with van der Waals surface area (Å²) in [4.78, 5) is 18.4. The molecule has 0 saturated heterocycles. The maximum atomic E-state index is 12.2. The summed E-state index contributed by atoms with van der Waals surface area (Å²) in [6, 6.07) is 7.40. The smallest absolute Gasteiger partial charge is 0.267 e. The lowest BCUT2D eigenvalue weighted by atomic mass is 10.3. The second-order valence-electron chi connectivity index (χ2n) is 4.44. The fourth-order valence-electron chi connectivity index (χ4n) is 1.80. The topological polar surface area (TPSA) is 42.0 Å². The predicted octanol–water partition coefficient (Wildman–Crippen LogP) is 4.88. The van der Waals surface area contributed by atoms with E-state index >= 15 is 0 Å². The van der Waals surface area contributed by atoms with E-state index in [1.807, 2.05) is 32.0 Å². The first-order chi connectivity index (χ1) is 9.52. The van der Waals surface area contributed by atoms with Crippen LogP contribution in [0.3, 0.4) is 0 Å². The number of amides is 1. The average molecular weight is 323 g/mol. The lowest BCUT2D eigenvalue weighted by Gasteiger charge is -1.97. The summed E-state index contributed by atoms with van der Waals surface area (Å²) in [5, 5.41) is 4.11. The summed E-state index contributed by atoms with van der Waals surface area (Å²) in [6.07, 6.45) is 0. The molecule has 0 aliphatic carbocycles. The first-order valence-electron chi connectivity index (χ1n) is 5.97. The Morgan fingerprint density at radius 1 is 1.25 bits per heavy atom. The molecule has 20 heavy (non-hydrogen) atoms. The number of aryl methyl sites for hydroxylation is 2. The van der Waals surface area contributed by atoms with Gasteiger partial charge < -0.3 is 0 Å². The number of anilines is 1. The highest BCUT2D eigenvalue weighted by Crippen LogP contribution is 2.29. The molecule has 1 aromatic carbocycles. The number of hydrogen-bond donors (Lipinski definition) is 1. The number of hydrogen-bond acceptors (Lipinski definition) is 4. The second-order valence-corrected chi connectivity index (χ2v) is 7.16. The van der Waals surface area contributed by atoms with Gasteiger partial charge in [0.05, 0.1) is 15.1 Å². The number of thiazole rings is 1. The number of thiophene rings is 1. The zero-order valence-electron chi connectivity index (χ0n) is 10.9. The van der Waals surface area contributed by atoms with Crippen LogP contribution in [-0.2, 0) is 0 Å². The first kappa shape index (κ1) is 13.5. The molecule has 0 spiro atoms. The number of benzene rings is 1. The summed E-state index contributed by atoms with van der Waals surface area (Å²) in [7, 11) is 0. The van der Waals surface area contributed by atoms with Crippen LogP contribution in [0.25, 0.3) is 10.2 Å². The Labute approximate surface area is 129 Å². The van der Waals surface area contributed by atoms with E-state index in [1.54, 1.807) is 6.07 Å². The number of halogens is 1. The highest BCUT2D eigenvalue weighted by atomic mass is 35.5. The quantitative estimate of drug-likeness (QED) is 0.730. The van der Waals surface area contributed by atoms with E-state index in [2.05, 4.69) is 10.3 Å². The van der Waals surface area contributed by atoms with Crippen LogP contribution in [0.1, 0.15) is 20.1 Å². The summed E-state index contributed by atoms with van der Waals surface area (Å²) in [5.74, 6) is -0.114. The molecule has 0 atom stereocenters. The van der Waals surface area contributed by atoms with Crippen molar-refractivity contribution in [2.75, 3.05) is 5.32 Å². The molecule has 0 fully saturated rings. The minimum absolute atomic E-state index is 0.114. The van der Waals surface area contributed by atoms with Crippen molar-refractivity contribution in [1.29, 1.82) is 0 Å². The Kier molecular flexibility index (Phi) is 3.50. The van der Waals surface area contributed by atoms with Gasteiger partial charge in [0, 0.05) is 9.90 Å². The highest BCUT2D eigenvalue weighted by molar-refractivity contribution is 7.22. The van der Waals surface area contributed by atoms with Crippen LogP contribution in [0.5, 0.6) is 0 Å².